The van der Waals surface area contributed by atoms with Crippen LogP contribution in [0.2, 0.25) is 0 Å². The van der Waals surface area contributed by atoms with Crippen molar-refractivity contribution in [3.8, 4) is 11.5 Å². The molecule has 1 aliphatic rings. The summed E-state index contributed by atoms with van der Waals surface area (Å²) in [4.78, 5) is 6.79. The zero-order valence-corrected chi connectivity index (χ0v) is 16.3. The molecule has 0 spiro atoms. The van der Waals surface area contributed by atoms with Gasteiger partial charge in [-0.1, -0.05) is 30.3 Å². The zero-order valence-electron chi connectivity index (χ0n) is 16.3. The summed E-state index contributed by atoms with van der Waals surface area (Å²) in [7, 11) is 1.62. The van der Waals surface area contributed by atoms with Crippen LogP contribution in [-0.2, 0) is 11.3 Å². The number of hydrogen-bond donors (Lipinski definition) is 2. The van der Waals surface area contributed by atoms with Crippen LogP contribution in [0.25, 0.3) is 0 Å². The fourth-order valence-electron chi connectivity index (χ4n) is 2.98. The zero-order chi connectivity index (χ0) is 19.6. The molecule has 0 aromatic heterocycles. The van der Waals surface area contributed by atoms with E-state index < -0.39 is 0 Å². The lowest BCUT2D eigenvalue weighted by Gasteiger charge is -2.26. The first-order valence-electron chi connectivity index (χ1n) is 9.47. The van der Waals surface area contributed by atoms with Crippen LogP contribution in [-0.4, -0.2) is 57.4 Å². The lowest BCUT2D eigenvalue weighted by Crippen LogP contribution is -2.38. The molecule has 28 heavy (non-hydrogen) atoms. The van der Waals surface area contributed by atoms with Gasteiger partial charge in [0.1, 0.15) is 18.1 Å². The molecule has 1 saturated heterocycles. The second-order valence-corrected chi connectivity index (χ2v) is 6.44. The number of nitrogens with one attached hydrogen (secondary N) is 1. The minimum Gasteiger partial charge on any atom is -0.495 e. The van der Waals surface area contributed by atoms with Crippen molar-refractivity contribution in [3.05, 3.63) is 54.1 Å². The van der Waals surface area contributed by atoms with E-state index in [1.807, 2.05) is 48.5 Å². The normalized spacial score (nSPS) is 15.2. The quantitative estimate of drug-likeness (QED) is 0.537. The van der Waals surface area contributed by atoms with Gasteiger partial charge < -0.3 is 25.3 Å². The Morgan fingerprint density at radius 1 is 1.11 bits per heavy atom. The molecule has 0 saturated carbocycles. The van der Waals surface area contributed by atoms with Gasteiger partial charge in [0.25, 0.3) is 0 Å². The van der Waals surface area contributed by atoms with E-state index in [0.29, 0.717) is 24.9 Å². The number of hydrogen-bond acceptors (Lipinski definition) is 5. The lowest BCUT2D eigenvalue weighted by atomic mass is 10.2. The molecule has 7 heteroatoms. The summed E-state index contributed by atoms with van der Waals surface area (Å²) in [5, 5.41) is 3.08. The molecule has 7 nitrogen and oxygen atoms in total. The van der Waals surface area contributed by atoms with Gasteiger partial charge in [0.2, 0.25) is 0 Å². The van der Waals surface area contributed by atoms with Gasteiger partial charge in [-0.2, -0.15) is 0 Å². The number of para-hydroxylation sites is 3. The summed E-state index contributed by atoms with van der Waals surface area (Å²) in [6, 6.07) is 15.5. The van der Waals surface area contributed by atoms with Crippen molar-refractivity contribution >= 4 is 11.6 Å². The molecule has 3 rings (SSSR count). The largest absolute Gasteiger partial charge is 0.495 e. The van der Waals surface area contributed by atoms with E-state index in [1.54, 1.807) is 7.11 Å². The van der Waals surface area contributed by atoms with Gasteiger partial charge in [0.05, 0.1) is 32.6 Å². The molecule has 150 valence electrons. The summed E-state index contributed by atoms with van der Waals surface area (Å²) in [6.45, 7) is 5.46. The Balaban J connectivity index is 1.55. The van der Waals surface area contributed by atoms with E-state index in [-0.39, 0.29) is 0 Å². The lowest BCUT2D eigenvalue weighted by molar-refractivity contribution is 0.0322. The standard InChI is InChI=1S/C21H28N4O3/c1-26-20-9-5-3-7-18(20)24-21(22)23-16-17-6-2-4-8-19(17)28-15-12-25-10-13-27-14-11-25/h2-9H,10-16H2,1H3,(H3,22,23,24). The average molecular weight is 384 g/mol. The van der Waals surface area contributed by atoms with Gasteiger partial charge in [-0.05, 0) is 18.2 Å². The molecule has 2 aromatic carbocycles. The third-order valence-corrected chi connectivity index (χ3v) is 4.53. The number of nitrogens with two attached hydrogens (primary N) is 1. The second-order valence-electron chi connectivity index (χ2n) is 6.44. The van der Waals surface area contributed by atoms with E-state index >= 15 is 0 Å². The molecular formula is C21H28N4O3. The molecule has 1 fully saturated rings. The average Bonchev–Trinajstić information content (AvgIpc) is 2.74. The van der Waals surface area contributed by atoms with Crippen molar-refractivity contribution in [1.82, 2.24) is 4.90 Å². The van der Waals surface area contributed by atoms with Crippen LogP contribution < -0.4 is 20.5 Å². The van der Waals surface area contributed by atoms with Crippen molar-refractivity contribution in [2.75, 3.05) is 51.9 Å². The van der Waals surface area contributed by atoms with Gasteiger partial charge in [0, 0.05) is 25.2 Å². The second kappa shape index (κ2) is 10.5. The maximum atomic E-state index is 6.05. The number of benzene rings is 2. The van der Waals surface area contributed by atoms with Crippen molar-refractivity contribution in [2.24, 2.45) is 10.7 Å². The van der Waals surface area contributed by atoms with Crippen molar-refractivity contribution in [3.63, 3.8) is 0 Å². The summed E-state index contributed by atoms with van der Waals surface area (Å²) in [5.41, 5.74) is 7.82. The topological polar surface area (TPSA) is 81.3 Å². The monoisotopic (exact) mass is 384 g/mol. The van der Waals surface area contributed by atoms with Gasteiger partial charge in [-0.3, -0.25) is 4.90 Å². The van der Waals surface area contributed by atoms with Crippen LogP contribution in [0.3, 0.4) is 0 Å². The van der Waals surface area contributed by atoms with Crippen LogP contribution >= 0.6 is 0 Å². The first-order chi connectivity index (χ1) is 13.8. The first kappa shape index (κ1) is 20.0. The van der Waals surface area contributed by atoms with Crippen LogP contribution in [0.5, 0.6) is 11.5 Å². The number of aliphatic imine (C=N–C) groups is 1. The highest BCUT2D eigenvalue weighted by Crippen LogP contribution is 2.23. The van der Waals surface area contributed by atoms with E-state index in [9.17, 15) is 0 Å². The fraction of sp³-hybridized carbons (Fsp3) is 0.381. The minimum atomic E-state index is 0.326. The predicted molar refractivity (Wildman–Crippen MR) is 111 cm³/mol. The summed E-state index contributed by atoms with van der Waals surface area (Å²) >= 11 is 0. The molecule has 1 heterocycles. The maximum Gasteiger partial charge on any atom is 0.193 e. The number of methoxy groups -OCH3 is 1. The van der Waals surface area contributed by atoms with Gasteiger partial charge in [-0.15, -0.1) is 0 Å². The Morgan fingerprint density at radius 2 is 1.82 bits per heavy atom. The highest BCUT2D eigenvalue weighted by atomic mass is 16.5. The van der Waals surface area contributed by atoms with Crippen LogP contribution in [0.15, 0.2) is 53.5 Å². The van der Waals surface area contributed by atoms with Crippen molar-refractivity contribution < 1.29 is 14.2 Å². The van der Waals surface area contributed by atoms with E-state index in [1.165, 1.54) is 0 Å². The molecule has 1 aliphatic heterocycles. The third-order valence-electron chi connectivity index (χ3n) is 4.53. The molecule has 0 radical (unpaired) electrons. The highest BCUT2D eigenvalue weighted by Gasteiger charge is 2.10. The molecule has 0 amide bonds. The molecule has 2 aromatic rings. The number of morpholine rings is 1. The van der Waals surface area contributed by atoms with Crippen LogP contribution in [0.1, 0.15) is 5.56 Å². The van der Waals surface area contributed by atoms with Crippen LogP contribution in [0.4, 0.5) is 5.69 Å². The molecule has 0 unspecified atom stereocenters. The van der Waals surface area contributed by atoms with Crippen molar-refractivity contribution in [1.29, 1.82) is 0 Å². The number of ether oxygens (including phenoxy) is 3. The van der Waals surface area contributed by atoms with E-state index in [0.717, 1.165) is 49.8 Å². The van der Waals surface area contributed by atoms with E-state index in [2.05, 4.69) is 15.2 Å². The summed E-state index contributed by atoms with van der Waals surface area (Å²) in [6.07, 6.45) is 0. The molecule has 0 bridgehead atoms. The molecule has 3 N–H and O–H groups in total. The van der Waals surface area contributed by atoms with Crippen molar-refractivity contribution in [2.45, 2.75) is 6.54 Å². The number of anilines is 1. The minimum absolute atomic E-state index is 0.326. The maximum absolute atomic E-state index is 6.05. The van der Waals surface area contributed by atoms with Gasteiger partial charge in [0.15, 0.2) is 5.96 Å². The fourth-order valence-corrected chi connectivity index (χ4v) is 2.98. The number of nitrogens with zero attached hydrogens (tertiary/aromatic N) is 2. The Bertz CT molecular complexity index is 776. The smallest absolute Gasteiger partial charge is 0.193 e. The SMILES string of the molecule is COc1ccccc1NC(N)=NCc1ccccc1OCCN1CCOCC1. The Labute approximate surface area is 166 Å². The van der Waals surface area contributed by atoms with Gasteiger partial charge >= 0.3 is 0 Å². The third kappa shape index (κ3) is 5.87. The summed E-state index contributed by atoms with van der Waals surface area (Å²) in [5.74, 6) is 1.88. The molecular weight excluding hydrogens is 356 g/mol. The van der Waals surface area contributed by atoms with E-state index in [4.69, 9.17) is 19.9 Å². The van der Waals surface area contributed by atoms with Crippen LogP contribution in [0, 0.1) is 0 Å². The summed E-state index contributed by atoms with van der Waals surface area (Å²) < 4.78 is 16.7. The number of guanidine groups is 1. The Hall–Kier alpha value is -2.77. The molecule has 0 atom stereocenters. The molecule has 0 aliphatic carbocycles. The Kier molecular flexibility index (Phi) is 7.52. The number of rotatable bonds is 8. The first-order valence-corrected chi connectivity index (χ1v) is 9.47. The predicted octanol–water partition coefficient (Wildman–Crippen LogP) is 2.33. The highest BCUT2D eigenvalue weighted by molar-refractivity contribution is 5.93. The van der Waals surface area contributed by atoms with Gasteiger partial charge in [-0.25, -0.2) is 4.99 Å². The Morgan fingerprint density at radius 3 is 2.61 bits per heavy atom.